The first-order valence-electron chi connectivity index (χ1n) is 13.9. The zero-order valence-electron chi connectivity index (χ0n) is 22.4. The van der Waals surface area contributed by atoms with Gasteiger partial charge < -0.3 is 10.2 Å². The molecule has 0 heterocycles. The van der Waals surface area contributed by atoms with Gasteiger partial charge in [-0.15, -0.1) is 0 Å². The highest BCUT2D eigenvalue weighted by molar-refractivity contribution is 6.27. The van der Waals surface area contributed by atoms with E-state index in [1.165, 1.54) is 38.6 Å². The number of aryl methyl sites for hydroxylation is 1. The van der Waals surface area contributed by atoms with Crippen LogP contribution in [0.5, 0.6) is 0 Å². The van der Waals surface area contributed by atoms with Gasteiger partial charge in [0.15, 0.2) is 0 Å². The van der Waals surface area contributed by atoms with E-state index >= 15 is 4.39 Å². The van der Waals surface area contributed by atoms with Crippen LogP contribution in [0.15, 0.2) is 127 Å². The Morgan fingerprint density at radius 2 is 1.23 bits per heavy atom. The molecule has 2 nitrogen and oxygen atoms in total. The molecule has 7 rings (SSSR count). The third-order valence-corrected chi connectivity index (χ3v) is 7.80. The summed E-state index contributed by atoms with van der Waals surface area (Å²) in [5.41, 5.74) is 5.95. The summed E-state index contributed by atoms with van der Waals surface area (Å²) in [6.07, 6.45) is 2.13. The second-order valence-corrected chi connectivity index (χ2v) is 10.3. The zero-order valence-corrected chi connectivity index (χ0v) is 22.4. The van der Waals surface area contributed by atoms with Gasteiger partial charge in [0.25, 0.3) is 0 Å². The molecule has 0 radical (unpaired) electrons. The summed E-state index contributed by atoms with van der Waals surface area (Å²) < 4.78 is 15.3. The normalized spacial score (nSPS) is 11.4. The van der Waals surface area contributed by atoms with E-state index in [0.717, 1.165) is 41.0 Å². The Morgan fingerprint density at radius 3 is 2.02 bits per heavy atom. The molecule has 7 aromatic carbocycles. The van der Waals surface area contributed by atoms with Crippen molar-refractivity contribution >= 4 is 60.8 Å². The Bertz CT molecular complexity index is 1960. The van der Waals surface area contributed by atoms with Crippen molar-refractivity contribution in [2.75, 3.05) is 10.2 Å². The molecule has 0 saturated heterocycles. The van der Waals surface area contributed by atoms with E-state index in [4.69, 9.17) is 0 Å². The minimum atomic E-state index is -0.255. The predicted octanol–water partition coefficient (Wildman–Crippen LogP) is 10.9. The third-order valence-electron chi connectivity index (χ3n) is 7.80. The van der Waals surface area contributed by atoms with E-state index in [0.29, 0.717) is 5.69 Å². The van der Waals surface area contributed by atoms with Crippen molar-refractivity contribution in [2.45, 2.75) is 19.8 Å². The van der Waals surface area contributed by atoms with E-state index < -0.39 is 0 Å². The van der Waals surface area contributed by atoms with E-state index in [1.54, 1.807) is 6.07 Å². The van der Waals surface area contributed by atoms with Crippen LogP contribution >= 0.6 is 0 Å². The molecule has 0 saturated carbocycles. The fourth-order valence-corrected chi connectivity index (χ4v) is 5.98. The molecule has 0 spiro atoms. The van der Waals surface area contributed by atoms with Gasteiger partial charge in [0.2, 0.25) is 0 Å². The number of nitrogens with zero attached hydrogens (tertiary/aromatic N) is 1. The minimum absolute atomic E-state index is 0.255. The van der Waals surface area contributed by atoms with Gasteiger partial charge in [-0.2, -0.15) is 0 Å². The van der Waals surface area contributed by atoms with Crippen LogP contribution in [0.25, 0.3) is 32.3 Å². The fourth-order valence-electron chi connectivity index (χ4n) is 5.98. The van der Waals surface area contributed by atoms with E-state index in [9.17, 15) is 0 Å². The Kier molecular flexibility index (Phi) is 6.05. The lowest BCUT2D eigenvalue weighted by Gasteiger charge is -2.28. The lowest BCUT2D eigenvalue weighted by Crippen LogP contribution is -2.12. The van der Waals surface area contributed by atoms with Crippen LogP contribution < -0.4 is 10.2 Å². The number of hydrogen-bond acceptors (Lipinski definition) is 2. The number of nitrogens with one attached hydrogen (secondary N) is 1. The molecule has 0 amide bonds. The molecule has 0 aromatic heterocycles. The van der Waals surface area contributed by atoms with Gasteiger partial charge in [0, 0.05) is 27.8 Å². The first-order chi connectivity index (χ1) is 19.7. The maximum Gasteiger partial charge on any atom is 0.147 e. The minimum Gasteiger partial charge on any atom is -0.355 e. The van der Waals surface area contributed by atoms with Gasteiger partial charge in [-0.25, -0.2) is 4.39 Å². The highest BCUT2D eigenvalue weighted by Crippen LogP contribution is 2.45. The van der Waals surface area contributed by atoms with E-state index in [-0.39, 0.29) is 5.82 Å². The molecule has 40 heavy (non-hydrogen) atoms. The summed E-state index contributed by atoms with van der Waals surface area (Å²) >= 11 is 0. The SMILES string of the molecule is CCCc1ccccc1Nc1ccc2ccc3c(N(c4ccccc4)c4ccccc4F)ccc4ccc1c2c43. The summed E-state index contributed by atoms with van der Waals surface area (Å²) in [5.74, 6) is -0.255. The molecule has 0 aliphatic carbocycles. The Hall–Kier alpha value is -4.89. The summed E-state index contributed by atoms with van der Waals surface area (Å²) in [5, 5.41) is 10.8. The second kappa shape index (κ2) is 10.0. The van der Waals surface area contributed by atoms with Crippen LogP contribution in [0.2, 0.25) is 0 Å². The van der Waals surface area contributed by atoms with Crippen molar-refractivity contribution in [3.8, 4) is 0 Å². The van der Waals surface area contributed by atoms with Crippen LogP contribution in [-0.2, 0) is 6.42 Å². The molecular formula is C37H29FN2. The Balaban J connectivity index is 1.47. The number of halogens is 1. The molecule has 7 aromatic rings. The largest absolute Gasteiger partial charge is 0.355 e. The third kappa shape index (κ3) is 4.02. The molecular weight excluding hydrogens is 491 g/mol. The highest BCUT2D eigenvalue weighted by atomic mass is 19.1. The van der Waals surface area contributed by atoms with Crippen LogP contribution in [0, 0.1) is 5.82 Å². The van der Waals surface area contributed by atoms with Gasteiger partial charge >= 0.3 is 0 Å². The van der Waals surface area contributed by atoms with Crippen molar-refractivity contribution in [3.63, 3.8) is 0 Å². The average molecular weight is 521 g/mol. The number of para-hydroxylation sites is 3. The summed E-state index contributed by atoms with van der Waals surface area (Å²) in [7, 11) is 0. The number of rotatable bonds is 7. The molecule has 0 fully saturated rings. The second-order valence-electron chi connectivity index (χ2n) is 10.3. The van der Waals surface area contributed by atoms with Crippen molar-refractivity contribution < 1.29 is 4.39 Å². The maximum atomic E-state index is 15.3. The quantitative estimate of drug-likeness (QED) is 0.210. The lowest BCUT2D eigenvalue weighted by atomic mass is 9.92. The van der Waals surface area contributed by atoms with Crippen LogP contribution in [0.1, 0.15) is 18.9 Å². The van der Waals surface area contributed by atoms with Gasteiger partial charge in [-0.1, -0.05) is 98.3 Å². The smallest absolute Gasteiger partial charge is 0.147 e. The van der Waals surface area contributed by atoms with Crippen LogP contribution in [0.4, 0.5) is 32.8 Å². The highest BCUT2D eigenvalue weighted by Gasteiger charge is 2.20. The van der Waals surface area contributed by atoms with Gasteiger partial charge in [0.05, 0.1) is 11.4 Å². The van der Waals surface area contributed by atoms with Gasteiger partial charge in [-0.05, 0) is 76.0 Å². The molecule has 0 atom stereocenters. The monoisotopic (exact) mass is 520 g/mol. The molecule has 0 aliphatic heterocycles. The van der Waals surface area contributed by atoms with Gasteiger partial charge in [-0.3, -0.25) is 0 Å². The lowest BCUT2D eigenvalue weighted by molar-refractivity contribution is 0.629. The summed E-state index contributed by atoms with van der Waals surface area (Å²) in [4.78, 5) is 2.03. The Labute approximate surface area is 233 Å². The zero-order chi connectivity index (χ0) is 27.1. The van der Waals surface area contributed by atoms with Gasteiger partial charge in [0.1, 0.15) is 5.82 Å². The number of hydrogen-bond donors (Lipinski definition) is 1. The van der Waals surface area contributed by atoms with Crippen molar-refractivity contribution in [3.05, 3.63) is 139 Å². The molecule has 3 heteroatoms. The molecule has 194 valence electrons. The van der Waals surface area contributed by atoms with E-state index in [1.807, 2.05) is 47.4 Å². The molecule has 0 bridgehead atoms. The van der Waals surface area contributed by atoms with Crippen molar-refractivity contribution in [1.29, 1.82) is 0 Å². The average Bonchev–Trinajstić information content (AvgIpc) is 3.00. The molecule has 1 N–H and O–H groups in total. The Morgan fingerprint density at radius 1 is 0.575 bits per heavy atom. The van der Waals surface area contributed by atoms with Crippen LogP contribution in [0.3, 0.4) is 0 Å². The molecule has 0 aliphatic rings. The fraction of sp³-hybridized carbons (Fsp3) is 0.0811. The van der Waals surface area contributed by atoms with Crippen molar-refractivity contribution in [1.82, 2.24) is 0 Å². The standard InChI is InChI=1S/C37H29FN2/c1-2-10-25-11-6-8-15-32(25)39-33-23-19-26-18-22-30-34(24-20-27-17-21-29(33)36(26)37(27)30)40(28-12-4-3-5-13-28)35-16-9-7-14-31(35)38/h3-9,11-24,39H,2,10H2,1H3. The summed E-state index contributed by atoms with van der Waals surface area (Å²) in [6.45, 7) is 2.21. The van der Waals surface area contributed by atoms with Crippen LogP contribution in [-0.4, -0.2) is 0 Å². The molecule has 0 unspecified atom stereocenters. The topological polar surface area (TPSA) is 15.3 Å². The maximum absolute atomic E-state index is 15.3. The number of anilines is 5. The predicted molar refractivity (Wildman–Crippen MR) is 169 cm³/mol. The first kappa shape index (κ1) is 24.2. The summed E-state index contributed by atoms with van der Waals surface area (Å²) in [6, 6.07) is 43.0. The van der Waals surface area contributed by atoms with E-state index in [2.05, 4.69) is 85.0 Å². The first-order valence-corrected chi connectivity index (χ1v) is 13.9. The van der Waals surface area contributed by atoms with Crippen molar-refractivity contribution in [2.24, 2.45) is 0 Å². The number of benzene rings is 7.